The summed E-state index contributed by atoms with van der Waals surface area (Å²) in [5.41, 5.74) is -0.821. The lowest BCUT2D eigenvalue weighted by molar-refractivity contribution is -0.384. The fourth-order valence-electron chi connectivity index (χ4n) is 3.66. The third kappa shape index (κ3) is 5.31. The van der Waals surface area contributed by atoms with Gasteiger partial charge < -0.3 is 10.2 Å². The number of nitrogens with one attached hydrogen (secondary N) is 1. The molecule has 166 valence electrons. The predicted molar refractivity (Wildman–Crippen MR) is 106 cm³/mol. The van der Waals surface area contributed by atoms with Gasteiger partial charge in [-0.05, 0) is 49.6 Å². The normalized spacial score (nSPS) is 16.1. The van der Waals surface area contributed by atoms with Gasteiger partial charge in [0.15, 0.2) is 0 Å². The molecule has 2 aromatic carbocycles. The number of nitro benzene ring substituents is 1. The van der Waals surface area contributed by atoms with Crippen molar-refractivity contribution < 1.29 is 27.3 Å². The first-order chi connectivity index (χ1) is 14.6. The fourth-order valence-corrected chi connectivity index (χ4v) is 3.66. The maximum atomic E-state index is 13.0. The topological polar surface area (TPSA) is 75.5 Å². The number of rotatable bonds is 5. The fraction of sp³-hybridized carbons (Fsp3) is 0.381. The minimum Gasteiger partial charge on any atom is -0.366 e. The zero-order valence-electron chi connectivity index (χ0n) is 16.7. The summed E-state index contributed by atoms with van der Waals surface area (Å²) in [6.45, 7) is 2.39. The van der Waals surface area contributed by atoms with Crippen molar-refractivity contribution >= 4 is 17.3 Å². The van der Waals surface area contributed by atoms with E-state index in [0.29, 0.717) is 32.0 Å². The molecule has 1 fully saturated rings. The summed E-state index contributed by atoms with van der Waals surface area (Å²) in [5.74, 6) is -0.877. The van der Waals surface area contributed by atoms with E-state index >= 15 is 0 Å². The van der Waals surface area contributed by atoms with Crippen LogP contribution in [-0.2, 0) is 11.0 Å². The van der Waals surface area contributed by atoms with Gasteiger partial charge in [-0.25, -0.2) is 4.39 Å². The molecule has 0 saturated carbocycles. The summed E-state index contributed by atoms with van der Waals surface area (Å²) in [7, 11) is 0. The zero-order valence-corrected chi connectivity index (χ0v) is 16.7. The summed E-state index contributed by atoms with van der Waals surface area (Å²) in [6.07, 6.45) is -3.87. The van der Waals surface area contributed by atoms with Gasteiger partial charge in [-0.2, -0.15) is 13.2 Å². The molecule has 1 aliphatic heterocycles. The first kappa shape index (κ1) is 22.5. The van der Waals surface area contributed by atoms with Crippen molar-refractivity contribution in [1.82, 2.24) is 5.32 Å². The lowest BCUT2D eigenvalue weighted by Gasteiger charge is -2.33. The first-order valence-electron chi connectivity index (χ1n) is 9.72. The third-order valence-corrected chi connectivity index (χ3v) is 5.43. The van der Waals surface area contributed by atoms with E-state index in [1.165, 1.54) is 12.1 Å². The highest BCUT2D eigenvalue weighted by Crippen LogP contribution is 2.37. The van der Waals surface area contributed by atoms with Crippen molar-refractivity contribution in [3.8, 4) is 0 Å². The Kier molecular flexibility index (Phi) is 6.47. The van der Waals surface area contributed by atoms with Gasteiger partial charge in [0.1, 0.15) is 11.5 Å². The summed E-state index contributed by atoms with van der Waals surface area (Å²) in [5, 5.41) is 14.2. The Morgan fingerprint density at radius 2 is 1.77 bits per heavy atom. The minimum atomic E-state index is -4.67. The van der Waals surface area contributed by atoms with Crippen LogP contribution in [0.15, 0.2) is 42.5 Å². The number of nitrogens with zero attached hydrogens (tertiary/aromatic N) is 2. The number of carbonyl (C=O) groups excluding carboxylic acids is 1. The second kappa shape index (κ2) is 8.91. The summed E-state index contributed by atoms with van der Waals surface area (Å²) >= 11 is 0. The van der Waals surface area contributed by atoms with E-state index < -0.39 is 22.4 Å². The van der Waals surface area contributed by atoms with Crippen LogP contribution in [0.2, 0.25) is 0 Å². The van der Waals surface area contributed by atoms with Crippen LogP contribution in [-0.4, -0.2) is 23.9 Å². The quantitative estimate of drug-likeness (QED) is 0.411. The number of anilines is 1. The van der Waals surface area contributed by atoms with E-state index in [1.54, 1.807) is 24.0 Å². The largest absolute Gasteiger partial charge is 0.416 e. The third-order valence-electron chi connectivity index (χ3n) is 5.43. The first-order valence-corrected chi connectivity index (χ1v) is 9.72. The zero-order chi connectivity index (χ0) is 22.8. The molecule has 1 amide bonds. The van der Waals surface area contributed by atoms with Crippen molar-refractivity contribution in [2.75, 3.05) is 18.0 Å². The van der Waals surface area contributed by atoms with Crippen LogP contribution in [0.5, 0.6) is 0 Å². The monoisotopic (exact) mass is 439 g/mol. The highest BCUT2D eigenvalue weighted by molar-refractivity contribution is 5.79. The van der Waals surface area contributed by atoms with Gasteiger partial charge in [-0.3, -0.25) is 14.9 Å². The van der Waals surface area contributed by atoms with Crippen molar-refractivity contribution in [2.24, 2.45) is 5.92 Å². The Bertz CT molecular complexity index is 955. The van der Waals surface area contributed by atoms with Gasteiger partial charge in [0, 0.05) is 25.1 Å². The van der Waals surface area contributed by atoms with Crippen LogP contribution in [0, 0.1) is 21.8 Å². The molecule has 1 N–H and O–H groups in total. The van der Waals surface area contributed by atoms with Crippen LogP contribution in [0.1, 0.15) is 36.9 Å². The summed E-state index contributed by atoms with van der Waals surface area (Å²) in [6, 6.07) is 7.96. The Hall–Kier alpha value is -3.17. The van der Waals surface area contributed by atoms with E-state index in [2.05, 4.69) is 5.32 Å². The van der Waals surface area contributed by atoms with Crippen molar-refractivity contribution in [3.05, 3.63) is 69.5 Å². The molecule has 3 rings (SSSR count). The number of carbonyl (C=O) groups is 1. The minimum absolute atomic E-state index is 0.108. The Morgan fingerprint density at radius 1 is 1.16 bits per heavy atom. The number of hydrogen-bond donors (Lipinski definition) is 1. The second-order valence-electron chi connectivity index (χ2n) is 7.50. The van der Waals surface area contributed by atoms with Crippen molar-refractivity contribution in [3.63, 3.8) is 0 Å². The number of hydrogen-bond acceptors (Lipinski definition) is 4. The van der Waals surface area contributed by atoms with Crippen LogP contribution in [0.4, 0.5) is 28.9 Å². The van der Waals surface area contributed by atoms with Crippen LogP contribution < -0.4 is 10.2 Å². The molecular weight excluding hydrogens is 418 g/mol. The van der Waals surface area contributed by atoms with E-state index in [4.69, 9.17) is 0 Å². The molecule has 1 saturated heterocycles. The Balaban J connectivity index is 1.64. The van der Waals surface area contributed by atoms with E-state index in [-0.39, 0.29) is 29.4 Å². The van der Waals surface area contributed by atoms with Gasteiger partial charge in [0.05, 0.1) is 16.5 Å². The highest BCUT2D eigenvalue weighted by Gasteiger charge is 2.35. The molecule has 1 atom stereocenters. The molecule has 0 aromatic heterocycles. The molecule has 1 unspecified atom stereocenters. The van der Waals surface area contributed by atoms with Crippen LogP contribution in [0.25, 0.3) is 0 Å². The average Bonchev–Trinajstić information content (AvgIpc) is 2.73. The molecule has 6 nitrogen and oxygen atoms in total. The standard InChI is InChI=1S/C21H21F4N3O3/c1-13(14-2-5-17(22)6-3-14)26-20(29)15-8-10-27(11-9-15)18-7-4-16(21(23,24)25)12-19(18)28(30)31/h2-7,12-13,15H,8-11H2,1H3,(H,26,29). The highest BCUT2D eigenvalue weighted by atomic mass is 19.4. The van der Waals surface area contributed by atoms with Gasteiger partial charge in [0.2, 0.25) is 5.91 Å². The Labute approximate surface area is 176 Å². The number of piperidine rings is 1. The molecule has 31 heavy (non-hydrogen) atoms. The Morgan fingerprint density at radius 3 is 2.32 bits per heavy atom. The SMILES string of the molecule is CC(NC(=O)C1CCN(c2ccc(C(F)(F)F)cc2[N+](=O)[O-])CC1)c1ccc(F)cc1. The van der Waals surface area contributed by atoms with Gasteiger partial charge in [-0.15, -0.1) is 0 Å². The molecule has 1 heterocycles. The number of amides is 1. The second-order valence-corrected chi connectivity index (χ2v) is 7.50. The number of nitro groups is 1. The van der Waals surface area contributed by atoms with Crippen LogP contribution >= 0.6 is 0 Å². The maximum absolute atomic E-state index is 13.0. The average molecular weight is 439 g/mol. The van der Waals surface area contributed by atoms with E-state index in [0.717, 1.165) is 17.7 Å². The molecule has 0 aliphatic carbocycles. The lowest BCUT2D eigenvalue weighted by atomic mass is 9.94. The van der Waals surface area contributed by atoms with Crippen molar-refractivity contribution in [2.45, 2.75) is 32.0 Å². The van der Waals surface area contributed by atoms with Crippen LogP contribution in [0.3, 0.4) is 0 Å². The number of benzene rings is 2. The molecule has 1 aliphatic rings. The van der Waals surface area contributed by atoms with Gasteiger partial charge in [-0.1, -0.05) is 12.1 Å². The van der Waals surface area contributed by atoms with Crippen molar-refractivity contribution in [1.29, 1.82) is 0 Å². The summed E-state index contributed by atoms with van der Waals surface area (Å²) < 4.78 is 51.7. The lowest BCUT2D eigenvalue weighted by Crippen LogP contribution is -2.41. The number of halogens is 4. The van der Waals surface area contributed by atoms with Gasteiger partial charge in [0.25, 0.3) is 5.69 Å². The van der Waals surface area contributed by atoms with Gasteiger partial charge >= 0.3 is 6.18 Å². The molecule has 2 aromatic rings. The van der Waals surface area contributed by atoms with E-state index in [9.17, 15) is 32.5 Å². The molecule has 10 heteroatoms. The predicted octanol–water partition coefficient (Wildman–Crippen LogP) is 4.85. The molecule has 0 bridgehead atoms. The smallest absolute Gasteiger partial charge is 0.366 e. The summed E-state index contributed by atoms with van der Waals surface area (Å²) in [4.78, 5) is 24.7. The number of alkyl halides is 3. The molecular formula is C21H21F4N3O3. The molecule has 0 spiro atoms. The maximum Gasteiger partial charge on any atom is 0.416 e. The molecule has 0 radical (unpaired) electrons. The van der Waals surface area contributed by atoms with E-state index in [1.807, 2.05) is 0 Å².